The van der Waals surface area contributed by atoms with Crippen LogP contribution in [0.3, 0.4) is 0 Å². The third kappa shape index (κ3) is 6.40. The number of rotatable bonds is 6. The lowest BCUT2D eigenvalue weighted by atomic mass is 9.61. The smallest absolute Gasteiger partial charge is 0.308 e. The van der Waals surface area contributed by atoms with Gasteiger partial charge in [0.2, 0.25) is 0 Å². The maximum absolute atomic E-state index is 13.1. The van der Waals surface area contributed by atoms with Crippen molar-refractivity contribution in [1.82, 2.24) is 0 Å². The average molecular weight is 489 g/mol. The summed E-state index contributed by atoms with van der Waals surface area (Å²) in [5.74, 6) is 0.571. The first-order chi connectivity index (χ1) is 16.7. The van der Waals surface area contributed by atoms with Crippen molar-refractivity contribution in [3.8, 4) is 0 Å². The Hall–Kier alpha value is -1.17. The van der Waals surface area contributed by atoms with Crippen molar-refractivity contribution in [2.24, 2.45) is 23.2 Å². The molecule has 0 amide bonds. The number of allylic oxidation sites excluding steroid dienone is 3. The van der Waals surface area contributed by atoms with Gasteiger partial charge in [0.15, 0.2) is 0 Å². The number of fused-ring (bicyclic) bond motifs is 1. The number of hydrogen-bond donors (Lipinski definition) is 3. The molecule has 0 bridgehead atoms. The van der Waals surface area contributed by atoms with Crippen LogP contribution in [-0.4, -0.2) is 45.7 Å². The fourth-order valence-electron chi connectivity index (χ4n) is 7.91. The second kappa shape index (κ2) is 11.5. The monoisotopic (exact) mass is 488 g/mol. The van der Waals surface area contributed by atoms with Gasteiger partial charge in [-0.2, -0.15) is 0 Å². The summed E-state index contributed by atoms with van der Waals surface area (Å²) in [6, 6.07) is 0. The van der Waals surface area contributed by atoms with Crippen LogP contribution < -0.4 is 0 Å². The van der Waals surface area contributed by atoms with Gasteiger partial charge in [0.25, 0.3) is 0 Å². The lowest BCUT2D eigenvalue weighted by molar-refractivity contribution is -0.153. The zero-order chi connectivity index (χ0) is 25.1. The number of aliphatic hydroxyl groups is 3. The summed E-state index contributed by atoms with van der Waals surface area (Å²) in [7, 11) is 0. The van der Waals surface area contributed by atoms with E-state index in [1.165, 1.54) is 18.4 Å². The second-order valence-electron chi connectivity index (χ2n) is 12.5. The first-order valence-corrected chi connectivity index (χ1v) is 14.3. The van der Waals surface area contributed by atoms with E-state index in [9.17, 15) is 20.1 Å². The van der Waals surface area contributed by atoms with Crippen LogP contribution in [0, 0.1) is 23.2 Å². The Morgan fingerprint density at radius 3 is 2.40 bits per heavy atom. The first kappa shape index (κ1) is 26.9. The molecule has 5 heteroatoms. The Bertz CT molecular complexity index is 781. The molecule has 0 saturated heterocycles. The summed E-state index contributed by atoms with van der Waals surface area (Å²) in [4.78, 5) is 13.1. The van der Waals surface area contributed by atoms with Crippen molar-refractivity contribution in [1.29, 1.82) is 0 Å². The van der Waals surface area contributed by atoms with Crippen LogP contribution in [0.1, 0.15) is 110 Å². The first-order valence-electron chi connectivity index (χ1n) is 14.3. The molecule has 0 heterocycles. The zero-order valence-electron chi connectivity index (χ0n) is 22.0. The molecule has 35 heavy (non-hydrogen) atoms. The minimum Gasteiger partial charge on any atom is -0.465 e. The molecule has 0 aliphatic heterocycles. The number of carbonyl (C=O) groups excluding carboxylic acids is 1. The molecule has 4 aliphatic rings. The Balaban J connectivity index is 1.35. The standard InChI is InChI=1S/C30H48O5/c1-21(28(33)35-17-16-30(34)14-5-3-4-6-15-30)26-11-12-27-23(8-7-13-29(26,27)2)10-9-22-18-24(31)20-25(32)19-22/h9-10,21,24-27,31-32,34H,3-8,11-20H2,1-2H3/b23-10+/t21-,24+,25+,26+,27-,29+/m0/s1. The summed E-state index contributed by atoms with van der Waals surface area (Å²) in [5, 5.41) is 30.9. The van der Waals surface area contributed by atoms with Crippen LogP contribution in [0.5, 0.6) is 0 Å². The summed E-state index contributed by atoms with van der Waals surface area (Å²) in [6.07, 6.45) is 17.6. The summed E-state index contributed by atoms with van der Waals surface area (Å²) >= 11 is 0. The summed E-state index contributed by atoms with van der Waals surface area (Å²) in [6.45, 7) is 4.75. The highest BCUT2D eigenvalue weighted by atomic mass is 16.5. The van der Waals surface area contributed by atoms with E-state index in [1.807, 2.05) is 6.92 Å². The van der Waals surface area contributed by atoms with Gasteiger partial charge in [-0.1, -0.05) is 62.8 Å². The molecule has 198 valence electrons. The van der Waals surface area contributed by atoms with Gasteiger partial charge in [-0.3, -0.25) is 4.79 Å². The molecule has 6 atom stereocenters. The molecule has 4 aliphatic carbocycles. The van der Waals surface area contributed by atoms with E-state index in [4.69, 9.17) is 4.74 Å². The zero-order valence-corrected chi connectivity index (χ0v) is 22.0. The molecule has 4 saturated carbocycles. The van der Waals surface area contributed by atoms with Gasteiger partial charge in [0.1, 0.15) is 0 Å². The number of hydrogen-bond acceptors (Lipinski definition) is 5. The molecule has 0 aromatic heterocycles. The number of esters is 1. The minimum atomic E-state index is -0.660. The predicted molar refractivity (Wildman–Crippen MR) is 138 cm³/mol. The lowest BCUT2D eigenvalue weighted by Gasteiger charge is -2.43. The van der Waals surface area contributed by atoms with Crippen LogP contribution in [-0.2, 0) is 9.53 Å². The summed E-state index contributed by atoms with van der Waals surface area (Å²) in [5.41, 5.74) is 2.05. The van der Waals surface area contributed by atoms with Crippen LogP contribution in [0.15, 0.2) is 23.3 Å². The highest BCUT2D eigenvalue weighted by Gasteiger charge is 2.52. The molecule has 0 radical (unpaired) electrons. The molecule has 5 nitrogen and oxygen atoms in total. The Morgan fingerprint density at radius 2 is 1.71 bits per heavy atom. The Kier molecular flexibility index (Phi) is 8.82. The van der Waals surface area contributed by atoms with Crippen LogP contribution in [0.25, 0.3) is 0 Å². The minimum absolute atomic E-state index is 0.0995. The highest BCUT2D eigenvalue weighted by Crippen LogP contribution is 2.59. The van der Waals surface area contributed by atoms with Crippen molar-refractivity contribution < 1.29 is 24.9 Å². The number of carbonyl (C=O) groups is 1. The fraction of sp³-hybridized carbons (Fsp3) is 0.833. The maximum Gasteiger partial charge on any atom is 0.308 e. The quantitative estimate of drug-likeness (QED) is 0.334. The van der Waals surface area contributed by atoms with E-state index in [-0.39, 0.29) is 17.3 Å². The normalized spacial score (nSPS) is 37.4. The topological polar surface area (TPSA) is 87.0 Å². The Morgan fingerprint density at radius 1 is 1.03 bits per heavy atom. The van der Waals surface area contributed by atoms with E-state index in [0.717, 1.165) is 63.4 Å². The molecule has 0 spiro atoms. The molecule has 0 aromatic carbocycles. The van der Waals surface area contributed by atoms with E-state index in [0.29, 0.717) is 44.1 Å². The van der Waals surface area contributed by atoms with E-state index in [2.05, 4.69) is 19.1 Å². The molecular formula is C30H48O5. The van der Waals surface area contributed by atoms with Crippen molar-refractivity contribution in [2.75, 3.05) is 6.61 Å². The second-order valence-corrected chi connectivity index (χ2v) is 12.5. The Labute approximate surface area is 212 Å². The van der Waals surface area contributed by atoms with Crippen LogP contribution in [0.2, 0.25) is 0 Å². The van der Waals surface area contributed by atoms with Crippen LogP contribution in [0.4, 0.5) is 0 Å². The van der Waals surface area contributed by atoms with Crippen molar-refractivity contribution in [3.63, 3.8) is 0 Å². The van der Waals surface area contributed by atoms with Gasteiger partial charge < -0.3 is 20.1 Å². The van der Waals surface area contributed by atoms with Crippen molar-refractivity contribution in [2.45, 2.75) is 128 Å². The van der Waals surface area contributed by atoms with E-state index >= 15 is 0 Å². The van der Waals surface area contributed by atoms with Gasteiger partial charge in [0.05, 0.1) is 30.3 Å². The van der Waals surface area contributed by atoms with Gasteiger partial charge in [-0.05, 0) is 81.5 Å². The third-order valence-electron chi connectivity index (χ3n) is 9.93. The molecule has 4 rings (SSSR count). The highest BCUT2D eigenvalue weighted by molar-refractivity contribution is 5.72. The molecule has 0 aromatic rings. The molecule has 0 unspecified atom stereocenters. The van der Waals surface area contributed by atoms with Crippen molar-refractivity contribution in [3.05, 3.63) is 23.3 Å². The average Bonchev–Trinajstić information content (AvgIpc) is 3.01. The van der Waals surface area contributed by atoms with Gasteiger partial charge in [0, 0.05) is 6.42 Å². The van der Waals surface area contributed by atoms with Crippen LogP contribution >= 0.6 is 0 Å². The fourth-order valence-corrected chi connectivity index (χ4v) is 7.91. The predicted octanol–water partition coefficient (Wildman–Crippen LogP) is 5.62. The van der Waals surface area contributed by atoms with E-state index < -0.39 is 17.8 Å². The molecular weight excluding hydrogens is 440 g/mol. The number of aliphatic hydroxyl groups excluding tert-OH is 2. The molecule has 4 fully saturated rings. The van der Waals surface area contributed by atoms with Crippen molar-refractivity contribution >= 4 is 5.97 Å². The van der Waals surface area contributed by atoms with Gasteiger partial charge in [-0.15, -0.1) is 0 Å². The van der Waals surface area contributed by atoms with E-state index in [1.54, 1.807) is 0 Å². The molecule has 3 N–H and O–H groups in total. The SMILES string of the molecule is C[C@H](C(=O)OCCC1(O)CCCCCC1)[C@H]1CC[C@H]2/C(=C/C=C3C[C@@H](O)C[C@H](O)C3)CCC[C@]12C. The summed E-state index contributed by atoms with van der Waals surface area (Å²) < 4.78 is 5.75. The maximum atomic E-state index is 13.1. The van der Waals surface area contributed by atoms with Gasteiger partial charge >= 0.3 is 5.97 Å². The third-order valence-corrected chi connectivity index (χ3v) is 9.93. The largest absolute Gasteiger partial charge is 0.465 e. The van der Waals surface area contributed by atoms with Gasteiger partial charge in [-0.25, -0.2) is 0 Å². The number of ether oxygens (including phenoxy) is 1. The lowest BCUT2D eigenvalue weighted by Crippen LogP contribution is -2.39.